The Morgan fingerprint density at radius 2 is 2.00 bits per heavy atom. The third-order valence-electron chi connectivity index (χ3n) is 3.56. The number of carboxylic acid groups (broad SMARTS) is 1. The van der Waals surface area contributed by atoms with Gasteiger partial charge in [-0.25, -0.2) is 0 Å². The predicted octanol–water partition coefficient (Wildman–Crippen LogP) is 1.21. The number of hydrogen-bond acceptors (Lipinski definition) is 3. The zero-order valence-electron chi connectivity index (χ0n) is 11.0. The van der Waals surface area contributed by atoms with Gasteiger partial charge < -0.3 is 15.2 Å². The smallest absolute Gasteiger partial charge is 0.313 e. The van der Waals surface area contributed by atoms with Crippen molar-refractivity contribution < 1.29 is 19.4 Å². The fraction of sp³-hybridized carbons (Fsp3) is 0.429. The van der Waals surface area contributed by atoms with Gasteiger partial charge in [0, 0.05) is 5.56 Å². The summed E-state index contributed by atoms with van der Waals surface area (Å²) in [6.07, 6.45) is 0. The summed E-state index contributed by atoms with van der Waals surface area (Å²) in [5, 5.41) is 12.0. The number of rotatable bonds is 3. The molecule has 1 saturated heterocycles. The molecule has 0 saturated carbocycles. The first-order valence-electron chi connectivity index (χ1n) is 6.12. The van der Waals surface area contributed by atoms with Gasteiger partial charge in [-0.1, -0.05) is 17.7 Å². The predicted molar refractivity (Wildman–Crippen MR) is 69.0 cm³/mol. The summed E-state index contributed by atoms with van der Waals surface area (Å²) in [5.74, 6) is -1.23. The lowest BCUT2D eigenvalue weighted by Gasteiger charge is -2.25. The normalized spacial score (nSPS) is 26.1. The summed E-state index contributed by atoms with van der Waals surface area (Å²) in [7, 11) is 0. The highest BCUT2D eigenvalue weighted by Crippen LogP contribution is 2.28. The van der Waals surface area contributed by atoms with E-state index in [1.807, 2.05) is 19.1 Å². The van der Waals surface area contributed by atoms with Crippen molar-refractivity contribution in [2.45, 2.75) is 19.9 Å². The molecule has 1 aromatic carbocycles. The number of nitrogens with one attached hydrogen (secondary N) is 1. The van der Waals surface area contributed by atoms with Crippen LogP contribution in [0.25, 0.3) is 0 Å². The summed E-state index contributed by atoms with van der Waals surface area (Å²) in [6.45, 7) is 3.86. The van der Waals surface area contributed by atoms with Gasteiger partial charge >= 0.3 is 5.97 Å². The van der Waals surface area contributed by atoms with Gasteiger partial charge in [-0.2, -0.15) is 0 Å². The largest absolute Gasteiger partial charge is 0.481 e. The number of aryl methyl sites for hydroxylation is 1. The summed E-state index contributed by atoms with van der Waals surface area (Å²) in [6, 6.07) is 6.61. The van der Waals surface area contributed by atoms with E-state index in [2.05, 4.69) is 5.32 Å². The Bertz CT molecular complexity index is 497. The number of benzene rings is 1. The molecule has 2 rings (SSSR count). The highest BCUT2D eigenvalue weighted by Gasteiger charge is 2.47. The lowest BCUT2D eigenvalue weighted by atomic mass is 9.85. The van der Waals surface area contributed by atoms with Crippen LogP contribution >= 0.6 is 0 Å². The second kappa shape index (κ2) is 5.01. The van der Waals surface area contributed by atoms with Crippen LogP contribution in [0.1, 0.15) is 22.8 Å². The van der Waals surface area contributed by atoms with Crippen molar-refractivity contribution >= 4 is 11.9 Å². The Kier molecular flexibility index (Phi) is 3.57. The number of carboxylic acids is 1. The maximum Gasteiger partial charge on any atom is 0.313 e. The molecule has 0 radical (unpaired) electrons. The van der Waals surface area contributed by atoms with Crippen molar-refractivity contribution in [2.24, 2.45) is 5.41 Å². The van der Waals surface area contributed by atoms with Gasteiger partial charge in [-0.15, -0.1) is 0 Å². The molecule has 0 aliphatic carbocycles. The highest BCUT2D eigenvalue weighted by molar-refractivity contribution is 5.95. The summed E-state index contributed by atoms with van der Waals surface area (Å²) >= 11 is 0. The molecular formula is C14H17NO4. The first-order valence-corrected chi connectivity index (χ1v) is 6.12. The molecule has 0 bridgehead atoms. The standard InChI is InChI=1S/C14H17NO4/c1-9-3-5-10(6-4-9)12(16)15-11-7-19-8-14(11,2)13(17)18/h3-6,11H,7-8H2,1-2H3,(H,15,16)(H,17,18). The van der Waals surface area contributed by atoms with E-state index < -0.39 is 17.4 Å². The van der Waals surface area contributed by atoms with Crippen LogP contribution in [0.3, 0.4) is 0 Å². The quantitative estimate of drug-likeness (QED) is 0.859. The lowest BCUT2D eigenvalue weighted by molar-refractivity contribution is -0.148. The summed E-state index contributed by atoms with van der Waals surface area (Å²) in [5.41, 5.74) is 0.516. The lowest BCUT2D eigenvalue weighted by Crippen LogP contribution is -2.49. The number of carbonyl (C=O) groups is 2. The number of carbonyl (C=O) groups excluding carboxylic acids is 1. The van der Waals surface area contributed by atoms with Crippen molar-refractivity contribution in [3.8, 4) is 0 Å². The second-order valence-electron chi connectivity index (χ2n) is 5.13. The van der Waals surface area contributed by atoms with Crippen LogP contribution in [0.5, 0.6) is 0 Å². The monoisotopic (exact) mass is 263 g/mol. The molecule has 1 aliphatic rings. The van der Waals surface area contributed by atoms with Crippen molar-refractivity contribution in [1.29, 1.82) is 0 Å². The topological polar surface area (TPSA) is 75.6 Å². The molecule has 19 heavy (non-hydrogen) atoms. The maximum atomic E-state index is 12.1. The molecule has 1 aromatic rings. The molecular weight excluding hydrogens is 246 g/mol. The fourth-order valence-electron chi connectivity index (χ4n) is 2.03. The van der Waals surface area contributed by atoms with Crippen LogP contribution in [-0.4, -0.2) is 36.2 Å². The van der Waals surface area contributed by atoms with E-state index in [-0.39, 0.29) is 19.1 Å². The number of aliphatic carboxylic acids is 1. The molecule has 1 heterocycles. The Hall–Kier alpha value is -1.88. The zero-order chi connectivity index (χ0) is 14.0. The molecule has 5 heteroatoms. The molecule has 1 amide bonds. The van der Waals surface area contributed by atoms with Crippen LogP contribution in [0.15, 0.2) is 24.3 Å². The van der Waals surface area contributed by atoms with Crippen LogP contribution in [-0.2, 0) is 9.53 Å². The molecule has 1 fully saturated rings. The average molecular weight is 263 g/mol. The summed E-state index contributed by atoms with van der Waals surface area (Å²) < 4.78 is 5.19. The van der Waals surface area contributed by atoms with E-state index >= 15 is 0 Å². The van der Waals surface area contributed by atoms with E-state index in [1.165, 1.54) is 0 Å². The van der Waals surface area contributed by atoms with Gasteiger partial charge in [-0.05, 0) is 26.0 Å². The number of ether oxygens (including phenoxy) is 1. The van der Waals surface area contributed by atoms with Gasteiger partial charge in [0.15, 0.2) is 0 Å². The first kappa shape index (κ1) is 13.5. The minimum Gasteiger partial charge on any atom is -0.481 e. The first-order chi connectivity index (χ1) is 8.93. The Balaban J connectivity index is 2.10. The van der Waals surface area contributed by atoms with E-state index in [1.54, 1.807) is 19.1 Å². The molecule has 2 N–H and O–H groups in total. The molecule has 5 nitrogen and oxygen atoms in total. The van der Waals surface area contributed by atoms with E-state index in [0.717, 1.165) is 5.56 Å². The van der Waals surface area contributed by atoms with Crippen molar-refractivity contribution in [1.82, 2.24) is 5.32 Å². The third kappa shape index (κ3) is 2.61. The van der Waals surface area contributed by atoms with Gasteiger partial charge in [0.1, 0.15) is 5.41 Å². The molecule has 0 spiro atoms. The maximum absolute atomic E-state index is 12.1. The fourth-order valence-corrected chi connectivity index (χ4v) is 2.03. The number of hydrogen-bond donors (Lipinski definition) is 2. The van der Waals surface area contributed by atoms with E-state index in [0.29, 0.717) is 5.56 Å². The minimum atomic E-state index is -1.07. The number of amides is 1. The van der Waals surface area contributed by atoms with E-state index in [4.69, 9.17) is 4.74 Å². The molecule has 102 valence electrons. The van der Waals surface area contributed by atoms with Gasteiger partial charge in [-0.3, -0.25) is 9.59 Å². The Labute approximate surface area is 111 Å². The van der Waals surface area contributed by atoms with Gasteiger partial charge in [0.05, 0.1) is 19.3 Å². The van der Waals surface area contributed by atoms with Crippen LogP contribution in [0.2, 0.25) is 0 Å². The van der Waals surface area contributed by atoms with Crippen molar-refractivity contribution in [3.05, 3.63) is 35.4 Å². The third-order valence-corrected chi connectivity index (χ3v) is 3.56. The second-order valence-corrected chi connectivity index (χ2v) is 5.13. The highest BCUT2D eigenvalue weighted by atomic mass is 16.5. The SMILES string of the molecule is Cc1ccc(C(=O)NC2COCC2(C)C(=O)O)cc1. The molecule has 2 unspecified atom stereocenters. The van der Waals surface area contributed by atoms with Crippen LogP contribution in [0.4, 0.5) is 0 Å². The van der Waals surface area contributed by atoms with Crippen molar-refractivity contribution in [2.75, 3.05) is 13.2 Å². The van der Waals surface area contributed by atoms with Crippen LogP contribution in [0, 0.1) is 12.3 Å². The molecule has 0 aromatic heterocycles. The average Bonchev–Trinajstić information content (AvgIpc) is 2.73. The van der Waals surface area contributed by atoms with Crippen molar-refractivity contribution in [3.63, 3.8) is 0 Å². The molecule has 2 atom stereocenters. The van der Waals surface area contributed by atoms with Gasteiger partial charge in [0.25, 0.3) is 5.91 Å². The Morgan fingerprint density at radius 1 is 1.37 bits per heavy atom. The summed E-state index contributed by atoms with van der Waals surface area (Å²) in [4.78, 5) is 23.3. The van der Waals surface area contributed by atoms with Crippen LogP contribution < -0.4 is 5.32 Å². The Morgan fingerprint density at radius 3 is 2.58 bits per heavy atom. The zero-order valence-corrected chi connectivity index (χ0v) is 11.0. The minimum absolute atomic E-state index is 0.112. The van der Waals surface area contributed by atoms with E-state index in [9.17, 15) is 14.7 Å². The van der Waals surface area contributed by atoms with Gasteiger partial charge in [0.2, 0.25) is 0 Å². The molecule has 1 aliphatic heterocycles.